The lowest BCUT2D eigenvalue weighted by atomic mass is 10.1. The van der Waals surface area contributed by atoms with Gasteiger partial charge in [0.1, 0.15) is 5.75 Å². The summed E-state index contributed by atoms with van der Waals surface area (Å²) in [6.07, 6.45) is -0.153. The average molecular weight is 492 g/mol. The highest BCUT2D eigenvalue weighted by Gasteiger charge is 2.26. The molecule has 1 unspecified atom stereocenters. The van der Waals surface area contributed by atoms with Gasteiger partial charge in [0, 0.05) is 26.2 Å². The second kappa shape index (κ2) is 10.7. The molecule has 34 heavy (non-hydrogen) atoms. The zero-order valence-electron chi connectivity index (χ0n) is 18.4. The van der Waals surface area contributed by atoms with E-state index < -0.39 is 18.6 Å². The lowest BCUT2D eigenvalue weighted by Crippen LogP contribution is -2.26. The van der Waals surface area contributed by atoms with Crippen molar-refractivity contribution in [3.05, 3.63) is 47.7 Å². The first-order valence-electron chi connectivity index (χ1n) is 10.4. The Morgan fingerprint density at radius 2 is 2.00 bits per heavy atom. The molecule has 0 bridgehead atoms. The number of anilines is 3. The first kappa shape index (κ1) is 23.7. The van der Waals surface area contributed by atoms with Gasteiger partial charge in [-0.1, -0.05) is 23.5 Å². The number of halogens is 2. The van der Waals surface area contributed by atoms with E-state index in [1.165, 1.54) is 36.6 Å². The standard InChI is InChI=1S/C21H23F2N7O3S/c1-12-6-7-16(27-26-12)30-9-8-14(11-30)24-20-28-29-21(34-20)25-18(31)17(32-2)13-4-3-5-15(10-13)33-19(22)23/h3-7,10,14,17,19H,8-9,11H2,1-2H3,(H,24,28)(H,25,29,31)/t14-,17?/m1/s1. The number of amides is 1. The molecular weight excluding hydrogens is 468 g/mol. The first-order valence-corrected chi connectivity index (χ1v) is 11.3. The third-order valence-corrected chi connectivity index (χ3v) is 5.91. The predicted octanol–water partition coefficient (Wildman–Crippen LogP) is 3.25. The van der Waals surface area contributed by atoms with Gasteiger partial charge in [0.2, 0.25) is 10.3 Å². The number of hydrogen-bond donors (Lipinski definition) is 2. The van der Waals surface area contributed by atoms with Crippen LogP contribution in [-0.2, 0) is 9.53 Å². The Balaban J connectivity index is 1.34. The summed E-state index contributed by atoms with van der Waals surface area (Å²) in [6, 6.07) is 9.82. The van der Waals surface area contributed by atoms with Crippen molar-refractivity contribution >= 4 is 33.3 Å². The van der Waals surface area contributed by atoms with Crippen molar-refractivity contribution in [2.45, 2.75) is 32.1 Å². The minimum atomic E-state index is -2.96. The normalized spacial score (nSPS) is 16.5. The number of hydrogen-bond acceptors (Lipinski definition) is 10. The van der Waals surface area contributed by atoms with E-state index in [1.54, 1.807) is 6.07 Å². The van der Waals surface area contributed by atoms with Crippen molar-refractivity contribution in [3.8, 4) is 5.75 Å². The van der Waals surface area contributed by atoms with Gasteiger partial charge in [-0.2, -0.15) is 13.9 Å². The minimum Gasteiger partial charge on any atom is -0.435 e. The van der Waals surface area contributed by atoms with Crippen molar-refractivity contribution in [2.75, 3.05) is 35.7 Å². The average Bonchev–Trinajstić information content (AvgIpc) is 3.44. The number of benzene rings is 1. The summed E-state index contributed by atoms with van der Waals surface area (Å²) in [5.74, 6) is 0.255. The summed E-state index contributed by atoms with van der Waals surface area (Å²) in [5.41, 5.74) is 1.23. The van der Waals surface area contributed by atoms with Crippen LogP contribution in [0, 0.1) is 6.92 Å². The summed E-state index contributed by atoms with van der Waals surface area (Å²) < 4.78 is 34.7. The number of rotatable bonds is 9. The molecule has 1 aliphatic heterocycles. The molecule has 1 aromatic carbocycles. The van der Waals surface area contributed by atoms with E-state index in [9.17, 15) is 13.6 Å². The van der Waals surface area contributed by atoms with Crippen LogP contribution >= 0.6 is 11.3 Å². The zero-order chi connectivity index (χ0) is 24.1. The molecule has 1 saturated heterocycles. The highest BCUT2D eigenvalue weighted by atomic mass is 32.1. The van der Waals surface area contributed by atoms with E-state index in [2.05, 4.69) is 40.7 Å². The molecule has 13 heteroatoms. The van der Waals surface area contributed by atoms with Gasteiger partial charge >= 0.3 is 6.61 Å². The molecule has 10 nitrogen and oxygen atoms in total. The van der Waals surface area contributed by atoms with Gasteiger partial charge < -0.3 is 19.7 Å². The number of ether oxygens (including phenoxy) is 2. The Morgan fingerprint density at radius 1 is 1.18 bits per heavy atom. The highest BCUT2D eigenvalue weighted by molar-refractivity contribution is 7.19. The third-order valence-electron chi connectivity index (χ3n) is 5.14. The van der Waals surface area contributed by atoms with E-state index in [0.29, 0.717) is 10.7 Å². The largest absolute Gasteiger partial charge is 0.435 e. The van der Waals surface area contributed by atoms with Crippen LogP contribution in [0.1, 0.15) is 23.8 Å². The number of carbonyl (C=O) groups excluding carboxylic acids is 1. The quantitative estimate of drug-likeness (QED) is 0.465. The molecule has 0 aliphatic carbocycles. The maximum atomic E-state index is 12.7. The SMILES string of the molecule is COC(C(=O)Nc1nnc(N[C@@H]2CCN(c3ccc(C)nn3)C2)s1)c1cccc(OC(F)F)c1. The Bertz CT molecular complexity index is 1120. The molecule has 3 aromatic rings. The van der Waals surface area contributed by atoms with Crippen LogP contribution in [0.25, 0.3) is 0 Å². The van der Waals surface area contributed by atoms with Gasteiger partial charge in [-0.25, -0.2) is 0 Å². The van der Waals surface area contributed by atoms with Crippen molar-refractivity contribution in [1.29, 1.82) is 0 Å². The minimum absolute atomic E-state index is 0.0630. The lowest BCUT2D eigenvalue weighted by molar-refractivity contribution is -0.126. The van der Waals surface area contributed by atoms with Crippen LogP contribution in [0.15, 0.2) is 36.4 Å². The molecule has 2 N–H and O–H groups in total. The van der Waals surface area contributed by atoms with Gasteiger partial charge in [0.05, 0.1) is 5.69 Å². The number of aryl methyl sites for hydroxylation is 1. The number of nitrogens with one attached hydrogen (secondary N) is 2. The Kier molecular flexibility index (Phi) is 7.43. The van der Waals surface area contributed by atoms with Gasteiger partial charge in [0.25, 0.3) is 5.91 Å². The van der Waals surface area contributed by atoms with Crippen molar-refractivity contribution in [3.63, 3.8) is 0 Å². The summed E-state index contributed by atoms with van der Waals surface area (Å²) in [7, 11) is 1.35. The Labute approximate surface area is 198 Å². The van der Waals surface area contributed by atoms with Gasteiger partial charge in [-0.05, 0) is 43.2 Å². The molecule has 1 fully saturated rings. The maximum Gasteiger partial charge on any atom is 0.387 e. The number of aromatic nitrogens is 4. The van der Waals surface area contributed by atoms with Gasteiger partial charge in [0.15, 0.2) is 11.9 Å². The summed E-state index contributed by atoms with van der Waals surface area (Å²) in [6.45, 7) is 0.503. The molecule has 4 rings (SSSR count). The number of carbonyl (C=O) groups is 1. The van der Waals surface area contributed by atoms with Crippen LogP contribution in [-0.4, -0.2) is 59.2 Å². The maximum absolute atomic E-state index is 12.7. The molecule has 2 aromatic heterocycles. The van der Waals surface area contributed by atoms with Crippen LogP contribution in [0.2, 0.25) is 0 Å². The summed E-state index contributed by atoms with van der Waals surface area (Å²) in [5, 5.41) is 23.3. The fourth-order valence-electron chi connectivity index (χ4n) is 3.57. The Hall–Kier alpha value is -3.45. The monoisotopic (exact) mass is 491 g/mol. The predicted molar refractivity (Wildman–Crippen MR) is 122 cm³/mol. The highest BCUT2D eigenvalue weighted by Crippen LogP contribution is 2.27. The van der Waals surface area contributed by atoms with E-state index in [1.807, 2.05) is 19.1 Å². The molecule has 1 amide bonds. The molecule has 2 atom stereocenters. The molecule has 3 heterocycles. The molecular formula is C21H23F2N7O3S. The van der Waals surface area contributed by atoms with Crippen LogP contribution in [0.3, 0.4) is 0 Å². The van der Waals surface area contributed by atoms with Crippen molar-refractivity contribution in [1.82, 2.24) is 20.4 Å². The van der Waals surface area contributed by atoms with Gasteiger partial charge in [-0.15, -0.1) is 15.3 Å². The second-order valence-corrected chi connectivity index (χ2v) is 8.55. The van der Waals surface area contributed by atoms with Crippen molar-refractivity contribution in [2.24, 2.45) is 0 Å². The molecule has 0 saturated carbocycles. The topological polar surface area (TPSA) is 114 Å². The fraction of sp³-hybridized carbons (Fsp3) is 0.381. The zero-order valence-corrected chi connectivity index (χ0v) is 19.3. The van der Waals surface area contributed by atoms with Crippen LogP contribution in [0.5, 0.6) is 5.75 Å². The van der Waals surface area contributed by atoms with E-state index >= 15 is 0 Å². The van der Waals surface area contributed by atoms with E-state index in [4.69, 9.17) is 4.74 Å². The first-order chi connectivity index (χ1) is 16.4. The Morgan fingerprint density at radius 3 is 2.74 bits per heavy atom. The number of alkyl halides is 2. The van der Waals surface area contributed by atoms with E-state index in [-0.39, 0.29) is 16.9 Å². The van der Waals surface area contributed by atoms with Crippen molar-refractivity contribution < 1.29 is 23.0 Å². The third kappa shape index (κ3) is 5.91. The lowest BCUT2D eigenvalue weighted by Gasteiger charge is -2.17. The van der Waals surface area contributed by atoms with Crippen LogP contribution in [0.4, 0.5) is 24.9 Å². The fourth-order valence-corrected chi connectivity index (χ4v) is 4.30. The van der Waals surface area contributed by atoms with E-state index in [0.717, 1.165) is 31.0 Å². The molecule has 0 radical (unpaired) electrons. The smallest absolute Gasteiger partial charge is 0.387 e. The summed E-state index contributed by atoms with van der Waals surface area (Å²) >= 11 is 1.19. The molecule has 1 aliphatic rings. The number of methoxy groups -OCH3 is 1. The van der Waals surface area contributed by atoms with Crippen LogP contribution < -0.4 is 20.3 Å². The molecule has 180 valence electrons. The second-order valence-electron chi connectivity index (χ2n) is 7.58. The van der Waals surface area contributed by atoms with Gasteiger partial charge in [-0.3, -0.25) is 10.1 Å². The summed E-state index contributed by atoms with van der Waals surface area (Å²) in [4.78, 5) is 14.9. The number of nitrogens with zero attached hydrogens (tertiary/aromatic N) is 5. The molecule has 0 spiro atoms.